The molecule has 1 fully saturated rings. The quantitative estimate of drug-likeness (QED) is 0.635. The van der Waals surface area contributed by atoms with E-state index in [1.54, 1.807) is 48.5 Å². The maximum atomic E-state index is 13.0. The Morgan fingerprint density at radius 3 is 2.12 bits per heavy atom. The number of carbonyl (C=O) groups is 3. The highest BCUT2D eigenvalue weighted by atomic mass is 16.5. The number of hydrogen-bond acceptors (Lipinski definition) is 8. The van der Waals surface area contributed by atoms with Gasteiger partial charge < -0.3 is 14.8 Å². The zero-order valence-electron chi connectivity index (χ0n) is 17.7. The lowest BCUT2D eigenvalue weighted by molar-refractivity contribution is -0.123. The van der Waals surface area contributed by atoms with Crippen molar-refractivity contribution in [1.29, 1.82) is 0 Å². The third kappa shape index (κ3) is 4.11. The molecule has 0 bridgehead atoms. The Bertz CT molecular complexity index is 1040. The molecule has 0 spiro atoms. The third-order valence-corrected chi connectivity index (χ3v) is 5.02. The molecule has 10 nitrogen and oxygen atoms in total. The van der Waals surface area contributed by atoms with Crippen LogP contribution < -0.4 is 19.7 Å². The van der Waals surface area contributed by atoms with E-state index >= 15 is 0 Å². The predicted molar refractivity (Wildman–Crippen MR) is 115 cm³/mol. The molecule has 0 radical (unpaired) electrons. The average molecular weight is 437 g/mol. The minimum absolute atomic E-state index is 0.214. The standard InChI is InChI=1S/C22H23N5O5/c1-3-31-16-9-5-14(6-10-16)23-18(28)13-26-20-19(24-25-26)21(29)27(22(20)30)15-7-11-17(12-8-15)32-4-2/h5-12,19-20H,3-4,13H2,1-2H3,(H,23,28)/t19-,20+/m1/s1. The molecule has 4 rings (SSSR count). The molecule has 0 aromatic heterocycles. The van der Waals surface area contributed by atoms with E-state index in [-0.39, 0.29) is 12.5 Å². The van der Waals surface area contributed by atoms with Gasteiger partial charge in [-0.15, -0.1) is 0 Å². The van der Waals surface area contributed by atoms with Crippen molar-refractivity contribution in [2.45, 2.75) is 25.9 Å². The van der Waals surface area contributed by atoms with Gasteiger partial charge in [0, 0.05) is 5.69 Å². The van der Waals surface area contributed by atoms with Gasteiger partial charge in [0.2, 0.25) is 5.91 Å². The first-order chi connectivity index (χ1) is 15.5. The Hall–Kier alpha value is -3.95. The summed E-state index contributed by atoms with van der Waals surface area (Å²) in [7, 11) is 0. The van der Waals surface area contributed by atoms with Gasteiger partial charge in [0.15, 0.2) is 12.1 Å². The van der Waals surface area contributed by atoms with E-state index in [1.165, 1.54) is 5.01 Å². The van der Waals surface area contributed by atoms with Crippen LogP contribution in [0.1, 0.15) is 13.8 Å². The molecule has 1 N–H and O–H groups in total. The van der Waals surface area contributed by atoms with E-state index in [4.69, 9.17) is 9.47 Å². The van der Waals surface area contributed by atoms with Crippen LogP contribution in [0.15, 0.2) is 58.9 Å². The van der Waals surface area contributed by atoms with Crippen molar-refractivity contribution in [1.82, 2.24) is 5.01 Å². The van der Waals surface area contributed by atoms with E-state index in [9.17, 15) is 14.4 Å². The molecular weight excluding hydrogens is 414 g/mol. The molecular formula is C22H23N5O5. The molecule has 166 valence electrons. The summed E-state index contributed by atoms with van der Waals surface area (Å²) in [6, 6.07) is 11.7. The van der Waals surface area contributed by atoms with Gasteiger partial charge in [0.25, 0.3) is 11.8 Å². The van der Waals surface area contributed by atoms with Gasteiger partial charge in [-0.05, 0) is 62.4 Å². The molecule has 10 heteroatoms. The second-order valence-electron chi connectivity index (χ2n) is 7.14. The van der Waals surface area contributed by atoms with E-state index in [1.807, 2.05) is 13.8 Å². The number of hydrogen-bond donors (Lipinski definition) is 1. The van der Waals surface area contributed by atoms with E-state index < -0.39 is 23.9 Å². The van der Waals surface area contributed by atoms with Crippen LogP contribution in [0.2, 0.25) is 0 Å². The maximum Gasteiger partial charge on any atom is 0.263 e. The molecule has 2 heterocycles. The van der Waals surface area contributed by atoms with Gasteiger partial charge in [-0.25, -0.2) is 4.90 Å². The van der Waals surface area contributed by atoms with Gasteiger partial charge >= 0.3 is 0 Å². The third-order valence-electron chi connectivity index (χ3n) is 5.02. The fraction of sp³-hybridized carbons (Fsp3) is 0.318. The summed E-state index contributed by atoms with van der Waals surface area (Å²) in [5.41, 5.74) is 1.00. The first kappa shape index (κ1) is 21.3. The molecule has 2 aliphatic rings. The van der Waals surface area contributed by atoms with Crippen molar-refractivity contribution < 1.29 is 23.9 Å². The monoisotopic (exact) mass is 437 g/mol. The minimum atomic E-state index is -0.965. The SMILES string of the molecule is CCOc1ccc(NC(=O)CN2N=N[C@H]3C(=O)N(c4ccc(OCC)cc4)C(=O)[C@H]32)cc1. The number of carbonyl (C=O) groups excluding carboxylic acids is 3. The summed E-state index contributed by atoms with van der Waals surface area (Å²) in [6.07, 6.45) is 0. The zero-order chi connectivity index (χ0) is 22.7. The van der Waals surface area contributed by atoms with Gasteiger partial charge in [-0.3, -0.25) is 19.4 Å². The number of benzene rings is 2. The lowest BCUT2D eigenvalue weighted by Gasteiger charge is -2.20. The van der Waals surface area contributed by atoms with Gasteiger partial charge in [0.1, 0.15) is 18.0 Å². The van der Waals surface area contributed by atoms with Gasteiger partial charge in [-0.1, -0.05) is 5.22 Å². The average Bonchev–Trinajstić information content (AvgIpc) is 3.30. The first-order valence-electron chi connectivity index (χ1n) is 10.3. The van der Waals surface area contributed by atoms with Crippen molar-refractivity contribution >= 4 is 29.1 Å². The maximum absolute atomic E-state index is 13.0. The molecule has 2 aromatic rings. The van der Waals surface area contributed by atoms with Crippen molar-refractivity contribution in [2.24, 2.45) is 10.3 Å². The molecule has 1 saturated heterocycles. The van der Waals surface area contributed by atoms with Gasteiger partial charge in [-0.2, -0.15) is 5.11 Å². The second-order valence-corrected chi connectivity index (χ2v) is 7.14. The second kappa shape index (κ2) is 9.04. The summed E-state index contributed by atoms with van der Waals surface area (Å²) in [4.78, 5) is 39.4. The molecule has 2 atom stereocenters. The van der Waals surface area contributed by atoms with Crippen LogP contribution in [0, 0.1) is 0 Å². The predicted octanol–water partition coefficient (Wildman–Crippen LogP) is 2.42. The molecule has 2 aliphatic heterocycles. The fourth-order valence-electron chi connectivity index (χ4n) is 3.62. The smallest absolute Gasteiger partial charge is 0.263 e. The van der Waals surface area contributed by atoms with Crippen molar-refractivity contribution in [3.05, 3.63) is 48.5 Å². The largest absolute Gasteiger partial charge is 0.494 e. The Labute approximate surface area is 184 Å². The summed E-state index contributed by atoms with van der Waals surface area (Å²) < 4.78 is 10.8. The fourth-order valence-corrected chi connectivity index (χ4v) is 3.62. The normalized spacial score (nSPS) is 19.3. The zero-order valence-corrected chi connectivity index (χ0v) is 17.7. The summed E-state index contributed by atoms with van der Waals surface area (Å²) in [6.45, 7) is 4.61. The topological polar surface area (TPSA) is 113 Å². The molecule has 0 aliphatic carbocycles. The number of imide groups is 1. The van der Waals surface area contributed by atoms with E-state index in [0.29, 0.717) is 36.1 Å². The summed E-state index contributed by atoms with van der Waals surface area (Å²) in [5, 5.41) is 11.8. The highest BCUT2D eigenvalue weighted by Gasteiger charge is 2.55. The molecule has 32 heavy (non-hydrogen) atoms. The van der Waals surface area contributed by atoms with Crippen LogP contribution in [0.4, 0.5) is 11.4 Å². The van der Waals surface area contributed by atoms with Crippen LogP contribution in [-0.2, 0) is 14.4 Å². The molecule has 0 saturated carbocycles. The lowest BCUT2D eigenvalue weighted by Crippen LogP contribution is -2.43. The lowest BCUT2D eigenvalue weighted by atomic mass is 10.1. The van der Waals surface area contributed by atoms with Crippen LogP contribution in [0.3, 0.4) is 0 Å². The highest BCUT2D eigenvalue weighted by molar-refractivity contribution is 6.25. The van der Waals surface area contributed by atoms with Crippen LogP contribution >= 0.6 is 0 Å². The number of ether oxygens (including phenoxy) is 2. The Morgan fingerprint density at radius 2 is 1.53 bits per heavy atom. The van der Waals surface area contributed by atoms with Crippen LogP contribution in [0.25, 0.3) is 0 Å². The van der Waals surface area contributed by atoms with Crippen molar-refractivity contribution in [3.8, 4) is 11.5 Å². The number of nitrogens with one attached hydrogen (secondary N) is 1. The van der Waals surface area contributed by atoms with Crippen LogP contribution in [-0.4, -0.2) is 54.6 Å². The molecule has 2 aromatic carbocycles. The molecule has 0 unspecified atom stereocenters. The Morgan fingerprint density at radius 1 is 0.938 bits per heavy atom. The van der Waals surface area contributed by atoms with E-state index in [2.05, 4.69) is 15.7 Å². The van der Waals surface area contributed by atoms with Gasteiger partial charge in [0.05, 0.1) is 18.9 Å². The number of amides is 3. The Balaban J connectivity index is 1.42. The number of rotatable bonds is 8. The highest BCUT2D eigenvalue weighted by Crippen LogP contribution is 2.32. The van der Waals surface area contributed by atoms with Crippen molar-refractivity contribution in [3.63, 3.8) is 0 Å². The van der Waals surface area contributed by atoms with Crippen molar-refractivity contribution in [2.75, 3.05) is 30.0 Å². The number of nitrogens with zero attached hydrogens (tertiary/aromatic N) is 4. The Kier molecular flexibility index (Phi) is 6.02. The number of anilines is 2. The minimum Gasteiger partial charge on any atom is -0.494 e. The summed E-state index contributed by atoms with van der Waals surface area (Å²) >= 11 is 0. The van der Waals surface area contributed by atoms with Crippen LogP contribution in [0.5, 0.6) is 11.5 Å². The summed E-state index contributed by atoms with van der Waals surface area (Å²) in [5.74, 6) is 0.0211. The van der Waals surface area contributed by atoms with E-state index in [0.717, 1.165) is 4.90 Å². The number of fused-ring (bicyclic) bond motifs is 1. The molecule has 3 amide bonds. The first-order valence-corrected chi connectivity index (χ1v) is 10.3.